The van der Waals surface area contributed by atoms with Crippen molar-refractivity contribution in [1.29, 1.82) is 0 Å². The summed E-state index contributed by atoms with van der Waals surface area (Å²) in [5, 5.41) is 18.9. The third-order valence-electron chi connectivity index (χ3n) is 3.10. The average Bonchev–Trinajstić information content (AvgIpc) is 2.27. The smallest absolute Gasteiger partial charge is 0.158 e. The molecule has 0 saturated carbocycles. The molecule has 0 aromatic heterocycles. The lowest BCUT2D eigenvalue weighted by atomic mass is 9.94. The number of rotatable bonds is 1. The Morgan fingerprint density at radius 2 is 1.53 bits per heavy atom. The molecule has 0 aliphatic heterocycles. The Labute approximate surface area is 101 Å². The van der Waals surface area contributed by atoms with Crippen LogP contribution in [0, 0.1) is 20.8 Å². The maximum absolute atomic E-state index is 9.54. The molecule has 0 bridgehead atoms. The summed E-state index contributed by atoms with van der Waals surface area (Å²) in [6.07, 6.45) is 0. The number of hydrogen-bond acceptors (Lipinski definition) is 2. The Bertz CT molecular complexity index is 571. The van der Waals surface area contributed by atoms with Gasteiger partial charge in [0.05, 0.1) is 0 Å². The molecule has 2 heteroatoms. The first kappa shape index (κ1) is 11.5. The summed E-state index contributed by atoms with van der Waals surface area (Å²) in [5.74, 6) is -0.170. The highest BCUT2D eigenvalue weighted by molar-refractivity contribution is 5.71. The number of aryl methyl sites for hydroxylation is 2. The fourth-order valence-electron chi connectivity index (χ4n) is 2.03. The van der Waals surface area contributed by atoms with Crippen LogP contribution in [0.2, 0.25) is 0 Å². The molecule has 0 aliphatic rings. The summed E-state index contributed by atoms with van der Waals surface area (Å²) in [5.41, 5.74) is 5.63. The summed E-state index contributed by atoms with van der Waals surface area (Å²) >= 11 is 0. The number of aromatic hydroxyl groups is 2. The highest BCUT2D eigenvalue weighted by Crippen LogP contribution is 2.33. The monoisotopic (exact) mass is 228 g/mol. The second-order valence-electron chi connectivity index (χ2n) is 4.46. The summed E-state index contributed by atoms with van der Waals surface area (Å²) in [6, 6.07) is 9.15. The van der Waals surface area contributed by atoms with Crippen LogP contribution in [0.3, 0.4) is 0 Å². The quantitative estimate of drug-likeness (QED) is 0.731. The number of benzene rings is 2. The van der Waals surface area contributed by atoms with Crippen LogP contribution < -0.4 is 0 Å². The Morgan fingerprint density at radius 3 is 2.18 bits per heavy atom. The molecule has 0 aliphatic carbocycles. The zero-order valence-corrected chi connectivity index (χ0v) is 10.3. The zero-order valence-electron chi connectivity index (χ0n) is 10.3. The molecule has 2 nitrogen and oxygen atoms in total. The van der Waals surface area contributed by atoms with Crippen molar-refractivity contribution in [2.24, 2.45) is 0 Å². The van der Waals surface area contributed by atoms with Crippen molar-refractivity contribution >= 4 is 0 Å². The molecular formula is C15H16O2. The van der Waals surface area contributed by atoms with E-state index in [2.05, 4.69) is 32.9 Å². The van der Waals surface area contributed by atoms with E-state index in [0.29, 0.717) is 0 Å². The predicted octanol–water partition coefficient (Wildman–Crippen LogP) is 3.69. The Kier molecular flexibility index (Phi) is 2.80. The lowest BCUT2D eigenvalue weighted by molar-refractivity contribution is 0.404. The van der Waals surface area contributed by atoms with Gasteiger partial charge in [0.2, 0.25) is 0 Å². The van der Waals surface area contributed by atoms with Crippen LogP contribution in [-0.2, 0) is 0 Å². The van der Waals surface area contributed by atoms with Gasteiger partial charge in [0, 0.05) is 0 Å². The second-order valence-corrected chi connectivity index (χ2v) is 4.46. The van der Waals surface area contributed by atoms with Crippen molar-refractivity contribution in [2.75, 3.05) is 0 Å². The summed E-state index contributed by atoms with van der Waals surface area (Å²) in [7, 11) is 0. The van der Waals surface area contributed by atoms with Crippen molar-refractivity contribution in [2.45, 2.75) is 20.8 Å². The highest BCUT2D eigenvalue weighted by Gasteiger charge is 2.07. The normalized spacial score (nSPS) is 10.5. The van der Waals surface area contributed by atoms with Gasteiger partial charge >= 0.3 is 0 Å². The van der Waals surface area contributed by atoms with Gasteiger partial charge in [-0.05, 0) is 55.2 Å². The number of phenols is 2. The van der Waals surface area contributed by atoms with Gasteiger partial charge < -0.3 is 10.2 Å². The van der Waals surface area contributed by atoms with E-state index in [9.17, 15) is 10.2 Å². The van der Waals surface area contributed by atoms with E-state index in [4.69, 9.17) is 0 Å². The molecule has 0 radical (unpaired) electrons. The fourth-order valence-corrected chi connectivity index (χ4v) is 2.03. The minimum Gasteiger partial charge on any atom is -0.504 e. The lowest BCUT2D eigenvalue weighted by Gasteiger charge is -2.11. The van der Waals surface area contributed by atoms with Gasteiger partial charge in [0.25, 0.3) is 0 Å². The van der Waals surface area contributed by atoms with E-state index in [1.165, 1.54) is 22.8 Å². The molecule has 0 heterocycles. The van der Waals surface area contributed by atoms with E-state index in [1.54, 1.807) is 6.07 Å². The molecule has 0 unspecified atom stereocenters. The average molecular weight is 228 g/mol. The van der Waals surface area contributed by atoms with E-state index < -0.39 is 0 Å². The molecule has 17 heavy (non-hydrogen) atoms. The largest absolute Gasteiger partial charge is 0.504 e. The van der Waals surface area contributed by atoms with Crippen molar-refractivity contribution in [3.05, 3.63) is 47.0 Å². The molecule has 2 aromatic carbocycles. The van der Waals surface area contributed by atoms with Crippen LogP contribution >= 0.6 is 0 Å². The van der Waals surface area contributed by atoms with Gasteiger partial charge in [-0.15, -0.1) is 0 Å². The van der Waals surface area contributed by atoms with Crippen LogP contribution in [0.5, 0.6) is 11.5 Å². The highest BCUT2D eigenvalue weighted by atomic mass is 16.3. The Morgan fingerprint density at radius 1 is 0.824 bits per heavy atom. The van der Waals surface area contributed by atoms with Crippen molar-refractivity contribution in [1.82, 2.24) is 0 Å². The zero-order chi connectivity index (χ0) is 12.6. The SMILES string of the molecule is Cc1cc(C)c(C)c(-c2ccc(O)c(O)c2)c1. The van der Waals surface area contributed by atoms with Crippen molar-refractivity contribution in [3.8, 4) is 22.6 Å². The standard InChI is InChI=1S/C15H16O2/c1-9-6-10(2)11(3)13(7-9)12-4-5-14(16)15(17)8-12/h4-8,16-17H,1-3H3. The molecule has 0 spiro atoms. The first-order valence-corrected chi connectivity index (χ1v) is 5.59. The van der Waals surface area contributed by atoms with Crippen LogP contribution in [0.25, 0.3) is 11.1 Å². The van der Waals surface area contributed by atoms with Crippen molar-refractivity contribution < 1.29 is 10.2 Å². The molecule has 2 rings (SSSR count). The third kappa shape index (κ3) is 2.11. The van der Waals surface area contributed by atoms with Gasteiger partial charge in [-0.2, -0.15) is 0 Å². The summed E-state index contributed by atoms with van der Waals surface area (Å²) in [4.78, 5) is 0. The molecule has 2 N–H and O–H groups in total. The molecule has 2 aromatic rings. The van der Waals surface area contributed by atoms with Gasteiger partial charge in [-0.25, -0.2) is 0 Å². The third-order valence-corrected chi connectivity index (χ3v) is 3.10. The van der Waals surface area contributed by atoms with Gasteiger partial charge in [-0.1, -0.05) is 23.8 Å². The Balaban J connectivity index is 2.64. The number of phenolic OH excluding ortho intramolecular Hbond substituents is 2. The fraction of sp³-hybridized carbons (Fsp3) is 0.200. The van der Waals surface area contributed by atoms with Gasteiger partial charge in [-0.3, -0.25) is 0 Å². The second kappa shape index (κ2) is 4.13. The van der Waals surface area contributed by atoms with Crippen LogP contribution in [0.15, 0.2) is 30.3 Å². The maximum atomic E-state index is 9.54. The number of hydrogen-bond donors (Lipinski definition) is 2. The lowest BCUT2D eigenvalue weighted by Crippen LogP contribution is -1.89. The molecule has 0 amide bonds. The minimum absolute atomic E-state index is 0.0824. The Hall–Kier alpha value is -1.96. The van der Waals surface area contributed by atoms with Crippen molar-refractivity contribution in [3.63, 3.8) is 0 Å². The van der Waals surface area contributed by atoms with E-state index >= 15 is 0 Å². The first-order chi connectivity index (χ1) is 7.99. The van der Waals surface area contributed by atoms with Gasteiger partial charge in [0.1, 0.15) is 0 Å². The molecule has 0 saturated heterocycles. The van der Waals surface area contributed by atoms with Gasteiger partial charge in [0.15, 0.2) is 11.5 Å². The summed E-state index contributed by atoms with van der Waals surface area (Å²) in [6.45, 7) is 6.19. The first-order valence-electron chi connectivity index (χ1n) is 5.59. The molecule has 88 valence electrons. The van der Waals surface area contributed by atoms with E-state index in [1.807, 2.05) is 6.07 Å². The van der Waals surface area contributed by atoms with Crippen LogP contribution in [-0.4, -0.2) is 10.2 Å². The van der Waals surface area contributed by atoms with Crippen LogP contribution in [0.4, 0.5) is 0 Å². The van der Waals surface area contributed by atoms with Crippen LogP contribution in [0.1, 0.15) is 16.7 Å². The summed E-state index contributed by atoms with van der Waals surface area (Å²) < 4.78 is 0. The molecular weight excluding hydrogens is 212 g/mol. The maximum Gasteiger partial charge on any atom is 0.158 e. The molecule has 0 atom stereocenters. The van der Waals surface area contributed by atoms with E-state index in [0.717, 1.165) is 11.1 Å². The van der Waals surface area contributed by atoms with E-state index in [-0.39, 0.29) is 11.5 Å². The molecule has 0 fully saturated rings. The topological polar surface area (TPSA) is 40.5 Å². The minimum atomic E-state index is -0.0872. The predicted molar refractivity (Wildman–Crippen MR) is 69.4 cm³/mol.